The van der Waals surface area contributed by atoms with Gasteiger partial charge in [-0.05, 0) is 18.6 Å². The minimum Gasteiger partial charge on any atom is -0.426 e. The Kier molecular flexibility index (Phi) is 3.33. The lowest BCUT2D eigenvalue weighted by molar-refractivity contribution is -0.131. The van der Waals surface area contributed by atoms with E-state index in [0.29, 0.717) is 18.7 Å². The summed E-state index contributed by atoms with van der Waals surface area (Å²) >= 11 is 5.36. The molecule has 0 atom stereocenters. The van der Waals surface area contributed by atoms with Crippen molar-refractivity contribution >= 4 is 29.2 Å². The topological polar surface area (TPSA) is 46.6 Å². The Morgan fingerprint density at radius 1 is 1.53 bits per heavy atom. The van der Waals surface area contributed by atoms with Crippen LogP contribution in [0.1, 0.15) is 12.5 Å². The fourth-order valence-corrected chi connectivity index (χ4v) is 1.96. The molecule has 0 aliphatic carbocycles. The molecule has 1 aromatic rings. The second-order valence-corrected chi connectivity index (χ2v) is 3.98. The van der Waals surface area contributed by atoms with Gasteiger partial charge in [0.2, 0.25) is 5.91 Å². The zero-order valence-electron chi connectivity index (χ0n) is 9.40. The van der Waals surface area contributed by atoms with Crippen molar-refractivity contribution in [2.45, 2.75) is 13.3 Å². The zero-order chi connectivity index (χ0) is 12.4. The van der Waals surface area contributed by atoms with Crippen molar-refractivity contribution in [1.82, 2.24) is 0 Å². The number of halogens is 1. The first-order valence-corrected chi connectivity index (χ1v) is 5.89. The summed E-state index contributed by atoms with van der Waals surface area (Å²) < 4.78 is 5.01. The van der Waals surface area contributed by atoms with Crippen molar-refractivity contribution < 1.29 is 14.3 Å². The van der Waals surface area contributed by atoms with Gasteiger partial charge in [0.15, 0.2) is 0 Å². The van der Waals surface area contributed by atoms with Gasteiger partial charge in [0, 0.05) is 12.6 Å². The van der Waals surface area contributed by atoms with Crippen LogP contribution in [-0.4, -0.2) is 24.3 Å². The Balaban J connectivity index is 2.28. The average molecular weight is 254 g/mol. The fraction of sp³-hybridized carbons (Fsp3) is 0.333. The quantitative estimate of drug-likeness (QED) is 0.468. The van der Waals surface area contributed by atoms with Crippen LogP contribution in [-0.2, 0) is 16.0 Å². The summed E-state index contributed by atoms with van der Waals surface area (Å²) in [7, 11) is 0. The summed E-state index contributed by atoms with van der Waals surface area (Å²) in [6.07, 6.45) is 0.410. The highest BCUT2D eigenvalue weighted by Gasteiger charge is 2.26. The number of carbonyl (C=O) groups is 2. The molecule has 1 amide bonds. The van der Waals surface area contributed by atoms with E-state index in [9.17, 15) is 9.59 Å². The Bertz CT molecular complexity index is 473. The molecule has 0 saturated carbocycles. The van der Waals surface area contributed by atoms with Crippen molar-refractivity contribution in [3.8, 4) is 5.75 Å². The fourth-order valence-electron chi connectivity index (χ4n) is 1.91. The van der Waals surface area contributed by atoms with Gasteiger partial charge < -0.3 is 9.64 Å². The molecule has 0 unspecified atom stereocenters. The van der Waals surface area contributed by atoms with Gasteiger partial charge in [0.25, 0.3) is 0 Å². The molecule has 17 heavy (non-hydrogen) atoms. The highest BCUT2D eigenvalue weighted by molar-refractivity contribution is 6.26. The van der Waals surface area contributed by atoms with Crippen LogP contribution in [0.15, 0.2) is 18.2 Å². The van der Waals surface area contributed by atoms with Crippen LogP contribution in [0.5, 0.6) is 5.75 Å². The molecule has 0 spiro atoms. The van der Waals surface area contributed by atoms with Crippen molar-refractivity contribution in [3.63, 3.8) is 0 Å². The van der Waals surface area contributed by atoms with Gasteiger partial charge in [-0.1, -0.05) is 6.07 Å². The Morgan fingerprint density at radius 2 is 2.29 bits per heavy atom. The zero-order valence-corrected chi connectivity index (χ0v) is 10.2. The van der Waals surface area contributed by atoms with Crippen LogP contribution in [0.2, 0.25) is 0 Å². The first-order chi connectivity index (χ1) is 8.15. The number of hydrogen-bond acceptors (Lipinski definition) is 3. The number of nitrogens with zero attached hydrogens (tertiary/aromatic N) is 1. The highest BCUT2D eigenvalue weighted by atomic mass is 35.5. The summed E-state index contributed by atoms with van der Waals surface area (Å²) in [5.74, 6) is -0.196. The largest absolute Gasteiger partial charge is 0.426 e. The molecule has 1 aromatic carbocycles. The summed E-state index contributed by atoms with van der Waals surface area (Å²) in [4.78, 5) is 24.4. The van der Waals surface area contributed by atoms with Crippen molar-refractivity contribution in [2.75, 3.05) is 17.3 Å². The second-order valence-electron chi connectivity index (χ2n) is 3.71. The van der Waals surface area contributed by atoms with Gasteiger partial charge in [-0.3, -0.25) is 9.59 Å². The molecule has 1 aliphatic rings. The summed E-state index contributed by atoms with van der Waals surface area (Å²) in [5, 5.41) is 0. The molecule has 1 heterocycles. The second kappa shape index (κ2) is 4.75. The van der Waals surface area contributed by atoms with E-state index in [1.165, 1.54) is 0 Å². The number of fused-ring (bicyclic) bond motifs is 1. The average Bonchev–Trinajstić information content (AvgIpc) is 2.63. The monoisotopic (exact) mass is 253 g/mol. The number of benzene rings is 1. The molecule has 5 heteroatoms. The molecule has 2 rings (SSSR count). The number of esters is 1. The maximum atomic E-state index is 11.6. The van der Waals surface area contributed by atoms with Gasteiger partial charge in [0.1, 0.15) is 11.6 Å². The number of rotatable bonds is 3. The molecule has 0 saturated heterocycles. The Labute approximate surface area is 104 Å². The van der Waals surface area contributed by atoms with E-state index in [-0.39, 0.29) is 11.8 Å². The summed E-state index contributed by atoms with van der Waals surface area (Å²) in [6, 6.07) is 5.18. The summed E-state index contributed by atoms with van der Waals surface area (Å²) in [5.41, 5.74) is 1.78. The van der Waals surface area contributed by atoms with Crippen LogP contribution in [0.25, 0.3) is 0 Å². The lowest BCUT2D eigenvalue weighted by Gasteiger charge is -2.15. The van der Waals surface area contributed by atoms with E-state index >= 15 is 0 Å². The molecule has 0 radical (unpaired) electrons. The lowest BCUT2D eigenvalue weighted by Crippen LogP contribution is -2.25. The summed E-state index contributed by atoms with van der Waals surface area (Å²) in [6.45, 7) is 2.52. The molecule has 0 N–H and O–H groups in total. The Morgan fingerprint density at radius 3 is 2.94 bits per heavy atom. The molecule has 0 aromatic heterocycles. The number of ether oxygens (including phenoxy) is 1. The number of amides is 1. The van der Waals surface area contributed by atoms with E-state index in [1.54, 1.807) is 23.1 Å². The van der Waals surface area contributed by atoms with Crippen molar-refractivity contribution in [3.05, 3.63) is 23.8 Å². The van der Waals surface area contributed by atoms with Crippen molar-refractivity contribution in [1.29, 1.82) is 0 Å². The van der Waals surface area contributed by atoms with E-state index in [0.717, 1.165) is 11.3 Å². The van der Waals surface area contributed by atoms with Crippen LogP contribution in [0.3, 0.4) is 0 Å². The van der Waals surface area contributed by atoms with E-state index < -0.39 is 5.97 Å². The van der Waals surface area contributed by atoms with Crippen LogP contribution in [0.4, 0.5) is 5.69 Å². The maximum absolute atomic E-state index is 11.6. The maximum Gasteiger partial charge on any atom is 0.326 e. The minimum absolute atomic E-state index is 0.0725. The molecule has 0 fully saturated rings. The lowest BCUT2D eigenvalue weighted by atomic mass is 10.1. The van der Waals surface area contributed by atoms with Gasteiger partial charge in [-0.15, -0.1) is 11.6 Å². The number of hydrogen-bond donors (Lipinski definition) is 0. The van der Waals surface area contributed by atoms with Gasteiger partial charge in [-0.2, -0.15) is 0 Å². The highest BCUT2D eigenvalue weighted by Crippen LogP contribution is 2.32. The van der Waals surface area contributed by atoms with Gasteiger partial charge >= 0.3 is 5.97 Å². The van der Waals surface area contributed by atoms with E-state index in [2.05, 4.69) is 0 Å². The number of anilines is 1. The molecule has 90 valence electrons. The number of alkyl halides is 1. The predicted molar refractivity (Wildman–Crippen MR) is 64.5 cm³/mol. The van der Waals surface area contributed by atoms with Crippen molar-refractivity contribution in [2.24, 2.45) is 0 Å². The molecule has 0 bridgehead atoms. The van der Waals surface area contributed by atoms with Gasteiger partial charge in [0.05, 0.1) is 12.1 Å². The molecule has 4 nitrogen and oxygen atoms in total. The first kappa shape index (κ1) is 11.9. The molecular weight excluding hydrogens is 242 g/mol. The van der Waals surface area contributed by atoms with Crippen LogP contribution >= 0.6 is 11.6 Å². The Hall–Kier alpha value is -1.55. The molecular formula is C12H12ClNO3. The van der Waals surface area contributed by atoms with E-state index in [4.69, 9.17) is 16.3 Å². The predicted octanol–water partition coefficient (Wildman–Crippen LogP) is 1.74. The third-order valence-corrected chi connectivity index (χ3v) is 2.87. The van der Waals surface area contributed by atoms with Crippen LogP contribution in [0, 0.1) is 0 Å². The normalized spacial score (nSPS) is 13.8. The third-order valence-electron chi connectivity index (χ3n) is 2.65. The molecule has 1 aliphatic heterocycles. The SMILES string of the molecule is CCN1C(=O)Cc2ccc(OC(=O)CCl)cc21. The minimum atomic E-state index is -0.501. The van der Waals surface area contributed by atoms with E-state index in [1.807, 2.05) is 6.92 Å². The third kappa shape index (κ3) is 2.26. The smallest absolute Gasteiger partial charge is 0.326 e. The van der Waals surface area contributed by atoms with Gasteiger partial charge in [-0.25, -0.2) is 0 Å². The van der Waals surface area contributed by atoms with Crippen LogP contribution < -0.4 is 9.64 Å². The number of carbonyl (C=O) groups excluding carboxylic acids is 2. The standard InChI is InChI=1S/C12H12ClNO3/c1-2-14-10-6-9(17-12(16)7-13)4-3-8(10)5-11(14)15/h3-4,6H,2,5,7H2,1H3. The number of likely N-dealkylation sites (N-methyl/N-ethyl adjacent to an activating group) is 1. The first-order valence-electron chi connectivity index (χ1n) is 5.35.